The average Bonchev–Trinajstić information content (AvgIpc) is 3.12. The summed E-state index contributed by atoms with van der Waals surface area (Å²) in [6.45, 7) is 4.30. The van der Waals surface area contributed by atoms with Crippen molar-refractivity contribution in [3.05, 3.63) is 65.5 Å². The third-order valence-electron chi connectivity index (χ3n) is 4.27. The Morgan fingerprint density at radius 1 is 1.16 bits per heavy atom. The molecule has 0 saturated carbocycles. The van der Waals surface area contributed by atoms with Crippen LogP contribution in [0.4, 0.5) is 18.9 Å². The lowest BCUT2D eigenvalue weighted by molar-refractivity contribution is -0.137. The molecule has 0 spiro atoms. The van der Waals surface area contributed by atoms with Crippen LogP contribution in [0.3, 0.4) is 0 Å². The van der Waals surface area contributed by atoms with Gasteiger partial charge in [0.15, 0.2) is 11.0 Å². The van der Waals surface area contributed by atoms with E-state index in [1.807, 2.05) is 38.1 Å². The van der Waals surface area contributed by atoms with E-state index in [4.69, 9.17) is 4.74 Å². The van der Waals surface area contributed by atoms with E-state index in [0.29, 0.717) is 17.5 Å². The number of carbonyl (C=O) groups excluding carboxylic acids is 1. The van der Waals surface area contributed by atoms with Crippen LogP contribution in [0.15, 0.2) is 53.7 Å². The second-order valence-electron chi connectivity index (χ2n) is 6.66. The van der Waals surface area contributed by atoms with E-state index in [0.717, 1.165) is 23.4 Å². The number of anilines is 1. The standard InChI is InChI=1S/C21H21F3N4O2S/c1-3-28-18(12-30-17-9-5-7-15(11-17)21(22,23)24)26-27-20(28)31-13-19(29)25-16-8-4-6-14(2)10-16/h4-11H,3,12-13H2,1-2H3,(H,25,29). The van der Waals surface area contributed by atoms with E-state index in [-0.39, 0.29) is 24.0 Å². The highest BCUT2D eigenvalue weighted by Gasteiger charge is 2.30. The Labute approximate surface area is 181 Å². The average molecular weight is 450 g/mol. The van der Waals surface area contributed by atoms with Crippen molar-refractivity contribution in [3.63, 3.8) is 0 Å². The smallest absolute Gasteiger partial charge is 0.416 e. The number of amides is 1. The van der Waals surface area contributed by atoms with Gasteiger partial charge in [0.05, 0.1) is 11.3 Å². The summed E-state index contributed by atoms with van der Waals surface area (Å²) in [5.41, 5.74) is 0.983. The van der Waals surface area contributed by atoms with Gasteiger partial charge in [-0.2, -0.15) is 13.2 Å². The van der Waals surface area contributed by atoms with E-state index in [9.17, 15) is 18.0 Å². The Balaban J connectivity index is 1.60. The minimum atomic E-state index is -4.44. The molecule has 0 unspecified atom stereocenters. The molecule has 1 heterocycles. The van der Waals surface area contributed by atoms with Crippen LogP contribution < -0.4 is 10.1 Å². The van der Waals surface area contributed by atoms with Crippen LogP contribution in [0.2, 0.25) is 0 Å². The summed E-state index contributed by atoms with van der Waals surface area (Å²) < 4.78 is 45.8. The maximum absolute atomic E-state index is 12.8. The number of aryl methyl sites for hydroxylation is 1. The predicted molar refractivity (Wildman–Crippen MR) is 112 cm³/mol. The predicted octanol–water partition coefficient (Wildman–Crippen LogP) is 4.94. The minimum Gasteiger partial charge on any atom is -0.486 e. The number of alkyl halides is 3. The molecule has 0 atom stereocenters. The summed E-state index contributed by atoms with van der Waals surface area (Å²) in [7, 11) is 0. The first-order valence-corrected chi connectivity index (χ1v) is 10.5. The summed E-state index contributed by atoms with van der Waals surface area (Å²) in [5.74, 6) is 0.511. The molecule has 31 heavy (non-hydrogen) atoms. The van der Waals surface area contributed by atoms with Gasteiger partial charge >= 0.3 is 6.18 Å². The number of benzene rings is 2. The lowest BCUT2D eigenvalue weighted by atomic mass is 10.2. The largest absolute Gasteiger partial charge is 0.486 e. The molecule has 0 saturated heterocycles. The Morgan fingerprint density at radius 3 is 2.65 bits per heavy atom. The van der Waals surface area contributed by atoms with Gasteiger partial charge in [-0.15, -0.1) is 10.2 Å². The Hall–Kier alpha value is -3.01. The van der Waals surface area contributed by atoms with E-state index in [2.05, 4.69) is 15.5 Å². The molecule has 10 heteroatoms. The maximum Gasteiger partial charge on any atom is 0.416 e. The lowest BCUT2D eigenvalue weighted by Gasteiger charge is -2.11. The molecule has 1 aromatic heterocycles. The van der Waals surface area contributed by atoms with Gasteiger partial charge in [0, 0.05) is 12.2 Å². The summed E-state index contributed by atoms with van der Waals surface area (Å²) in [4.78, 5) is 12.2. The number of nitrogens with zero attached hydrogens (tertiary/aromatic N) is 3. The molecule has 2 aromatic carbocycles. The zero-order chi connectivity index (χ0) is 22.4. The highest BCUT2D eigenvalue weighted by molar-refractivity contribution is 7.99. The number of halogens is 3. The van der Waals surface area contributed by atoms with E-state index >= 15 is 0 Å². The molecule has 3 aromatic rings. The van der Waals surface area contributed by atoms with Gasteiger partial charge in [-0.25, -0.2) is 0 Å². The molecule has 0 fully saturated rings. The molecule has 0 aliphatic rings. The molecule has 0 aliphatic carbocycles. The van der Waals surface area contributed by atoms with Gasteiger partial charge in [0.2, 0.25) is 5.91 Å². The van der Waals surface area contributed by atoms with Gasteiger partial charge in [0.25, 0.3) is 0 Å². The number of ether oxygens (including phenoxy) is 1. The number of aromatic nitrogens is 3. The fraction of sp³-hybridized carbons (Fsp3) is 0.286. The Morgan fingerprint density at radius 2 is 1.94 bits per heavy atom. The van der Waals surface area contributed by atoms with Crippen molar-refractivity contribution in [1.82, 2.24) is 14.8 Å². The fourth-order valence-electron chi connectivity index (χ4n) is 2.81. The molecule has 164 valence electrons. The second kappa shape index (κ2) is 9.86. The van der Waals surface area contributed by atoms with E-state index in [1.54, 1.807) is 4.57 Å². The molecular formula is C21H21F3N4O2S. The summed E-state index contributed by atoms with van der Waals surface area (Å²) in [6.07, 6.45) is -4.44. The molecule has 0 bridgehead atoms. The van der Waals surface area contributed by atoms with Crippen molar-refractivity contribution < 1.29 is 22.7 Å². The minimum absolute atomic E-state index is 0.0435. The van der Waals surface area contributed by atoms with Gasteiger partial charge in [-0.1, -0.05) is 30.0 Å². The summed E-state index contributed by atoms with van der Waals surface area (Å²) in [6, 6.07) is 12.2. The van der Waals surface area contributed by atoms with Crippen LogP contribution in [0.5, 0.6) is 5.75 Å². The number of thioether (sulfide) groups is 1. The maximum atomic E-state index is 12.8. The number of hydrogen-bond donors (Lipinski definition) is 1. The van der Waals surface area contributed by atoms with Crippen molar-refractivity contribution in [2.24, 2.45) is 0 Å². The second-order valence-corrected chi connectivity index (χ2v) is 7.61. The summed E-state index contributed by atoms with van der Waals surface area (Å²) >= 11 is 1.22. The van der Waals surface area contributed by atoms with Gasteiger partial charge in [-0.3, -0.25) is 4.79 Å². The molecule has 0 aliphatic heterocycles. The highest BCUT2D eigenvalue weighted by Crippen LogP contribution is 2.31. The molecule has 0 radical (unpaired) electrons. The quantitative estimate of drug-likeness (QED) is 0.493. The normalized spacial score (nSPS) is 11.4. The van der Waals surface area contributed by atoms with Crippen LogP contribution in [-0.4, -0.2) is 26.4 Å². The highest BCUT2D eigenvalue weighted by atomic mass is 32.2. The first-order valence-electron chi connectivity index (χ1n) is 9.47. The third kappa shape index (κ3) is 6.24. The van der Waals surface area contributed by atoms with Crippen LogP contribution >= 0.6 is 11.8 Å². The van der Waals surface area contributed by atoms with Crippen LogP contribution in [-0.2, 0) is 24.1 Å². The number of nitrogens with one attached hydrogen (secondary N) is 1. The third-order valence-corrected chi connectivity index (χ3v) is 5.24. The monoisotopic (exact) mass is 450 g/mol. The Bertz CT molecular complexity index is 1050. The molecule has 1 N–H and O–H groups in total. The van der Waals surface area contributed by atoms with Crippen LogP contribution in [0.1, 0.15) is 23.9 Å². The topological polar surface area (TPSA) is 69.0 Å². The first-order chi connectivity index (χ1) is 14.8. The van der Waals surface area contributed by atoms with E-state index < -0.39 is 11.7 Å². The lowest BCUT2D eigenvalue weighted by Crippen LogP contribution is -2.15. The van der Waals surface area contributed by atoms with Gasteiger partial charge in [-0.05, 0) is 49.7 Å². The van der Waals surface area contributed by atoms with Crippen molar-refractivity contribution in [1.29, 1.82) is 0 Å². The zero-order valence-electron chi connectivity index (χ0n) is 16.9. The zero-order valence-corrected chi connectivity index (χ0v) is 17.8. The van der Waals surface area contributed by atoms with E-state index in [1.165, 1.54) is 23.9 Å². The van der Waals surface area contributed by atoms with Crippen molar-refractivity contribution >= 4 is 23.4 Å². The fourth-order valence-corrected chi connectivity index (χ4v) is 3.63. The number of rotatable bonds is 8. The molecule has 6 nitrogen and oxygen atoms in total. The van der Waals surface area contributed by atoms with Crippen LogP contribution in [0, 0.1) is 6.92 Å². The van der Waals surface area contributed by atoms with Gasteiger partial charge in [0.1, 0.15) is 12.4 Å². The van der Waals surface area contributed by atoms with Crippen molar-refractivity contribution in [3.8, 4) is 5.75 Å². The Kier molecular flexibility index (Phi) is 7.21. The van der Waals surface area contributed by atoms with Gasteiger partial charge < -0.3 is 14.6 Å². The summed E-state index contributed by atoms with van der Waals surface area (Å²) in [5, 5.41) is 11.5. The number of hydrogen-bond acceptors (Lipinski definition) is 5. The molecule has 3 rings (SSSR count). The molecular weight excluding hydrogens is 429 g/mol. The van der Waals surface area contributed by atoms with Crippen molar-refractivity contribution in [2.75, 3.05) is 11.1 Å². The first kappa shape index (κ1) is 22.7. The van der Waals surface area contributed by atoms with Crippen LogP contribution in [0.25, 0.3) is 0 Å². The molecule has 1 amide bonds. The van der Waals surface area contributed by atoms with Crippen molar-refractivity contribution in [2.45, 2.75) is 38.3 Å². The SMILES string of the molecule is CCn1c(COc2cccc(C(F)(F)F)c2)nnc1SCC(=O)Nc1cccc(C)c1. The number of carbonyl (C=O) groups is 1.